The molecule has 2 N–H and O–H groups in total. The predicted molar refractivity (Wildman–Crippen MR) is 34.2 cm³/mol. The van der Waals surface area contributed by atoms with Gasteiger partial charge in [0.15, 0.2) is 6.17 Å². The van der Waals surface area contributed by atoms with Gasteiger partial charge in [0.2, 0.25) is 0 Å². The second-order valence-electron chi connectivity index (χ2n) is 3.02. The Morgan fingerprint density at radius 2 is 1.54 bits per heavy atom. The third-order valence-corrected chi connectivity index (χ3v) is 1.47. The maximum absolute atomic E-state index is 12.2. The quantitative estimate of drug-likeness (QED) is 0.709. The van der Waals surface area contributed by atoms with E-state index in [9.17, 15) is 26.3 Å². The van der Waals surface area contributed by atoms with Crippen LogP contribution in [0, 0.1) is 0 Å². The van der Waals surface area contributed by atoms with Crippen molar-refractivity contribution in [2.75, 3.05) is 0 Å². The van der Waals surface area contributed by atoms with E-state index in [1.807, 2.05) is 0 Å². The summed E-state index contributed by atoms with van der Waals surface area (Å²) in [5, 5.41) is 0. The molecule has 0 aliphatic carbocycles. The highest BCUT2D eigenvalue weighted by Gasteiger charge is 2.45. The lowest BCUT2D eigenvalue weighted by molar-refractivity contribution is -0.188. The molecule has 0 aromatic heterocycles. The average molecular weight is 209 g/mol. The molecule has 0 amide bonds. The summed E-state index contributed by atoms with van der Waals surface area (Å²) < 4.78 is 70.7. The average Bonchev–Trinajstić information content (AvgIpc) is 1.83. The van der Waals surface area contributed by atoms with Crippen LogP contribution in [0.2, 0.25) is 0 Å². The molecule has 0 heterocycles. The van der Waals surface area contributed by atoms with E-state index in [-0.39, 0.29) is 0 Å². The van der Waals surface area contributed by atoms with E-state index in [0.29, 0.717) is 6.92 Å². The molecule has 0 aliphatic heterocycles. The normalized spacial score (nSPS) is 20.1. The van der Waals surface area contributed by atoms with Crippen molar-refractivity contribution in [1.82, 2.24) is 0 Å². The van der Waals surface area contributed by atoms with Gasteiger partial charge < -0.3 is 5.73 Å². The molecule has 1 nitrogen and oxygen atoms in total. The molecule has 0 aromatic rings. The van der Waals surface area contributed by atoms with Crippen LogP contribution >= 0.6 is 0 Å². The summed E-state index contributed by atoms with van der Waals surface area (Å²) in [5.41, 5.74) is 2.32. The number of halogens is 6. The SMILES string of the molecule is CC(N)(CC(F)C(F)(F)F)C(F)F. The van der Waals surface area contributed by atoms with Gasteiger partial charge in [-0.2, -0.15) is 13.2 Å². The molecule has 0 rings (SSSR count). The Bertz CT molecular complexity index is 163. The Hall–Kier alpha value is -0.460. The third kappa shape index (κ3) is 3.84. The fourth-order valence-corrected chi connectivity index (χ4v) is 0.591. The highest BCUT2D eigenvalue weighted by Crippen LogP contribution is 2.30. The first-order valence-corrected chi connectivity index (χ1v) is 3.35. The summed E-state index contributed by atoms with van der Waals surface area (Å²) in [7, 11) is 0. The molecule has 0 radical (unpaired) electrons. The van der Waals surface area contributed by atoms with E-state index in [1.165, 1.54) is 0 Å². The van der Waals surface area contributed by atoms with Crippen molar-refractivity contribution in [2.45, 2.75) is 37.7 Å². The topological polar surface area (TPSA) is 26.0 Å². The first-order valence-electron chi connectivity index (χ1n) is 3.35. The van der Waals surface area contributed by atoms with E-state index in [2.05, 4.69) is 0 Å². The Balaban J connectivity index is 4.28. The number of nitrogens with two attached hydrogens (primary N) is 1. The highest BCUT2D eigenvalue weighted by molar-refractivity contribution is 4.86. The zero-order valence-corrected chi connectivity index (χ0v) is 6.71. The monoisotopic (exact) mass is 209 g/mol. The van der Waals surface area contributed by atoms with Crippen LogP contribution in [0.15, 0.2) is 0 Å². The van der Waals surface area contributed by atoms with Gasteiger partial charge in [0.05, 0.1) is 5.54 Å². The lowest BCUT2D eigenvalue weighted by Crippen LogP contribution is -2.48. The van der Waals surface area contributed by atoms with Crippen LogP contribution in [0.25, 0.3) is 0 Å². The van der Waals surface area contributed by atoms with Crippen LogP contribution in [0.1, 0.15) is 13.3 Å². The maximum Gasteiger partial charge on any atom is 0.419 e. The van der Waals surface area contributed by atoms with Crippen LogP contribution < -0.4 is 5.73 Å². The Labute approximate surface area is 70.9 Å². The van der Waals surface area contributed by atoms with Crippen LogP contribution in [-0.4, -0.2) is 24.3 Å². The highest BCUT2D eigenvalue weighted by atomic mass is 19.4. The van der Waals surface area contributed by atoms with E-state index in [4.69, 9.17) is 5.73 Å². The lowest BCUT2D eigenvalue weighted by Gasteiger charge is -2.26. The lowest BCUT2D eigenvalue weighted by atomic mass is 9.96. The minimum absolute atomic E-state index is 0.677. The Morgan fingerprint density at radius 1 is 1.15 bits per heavy atom. The van der Waals surface area contributed by atoms with Crippen molar-refractivity contribution in [3.8, 4) is 0 Å². The van der Waals surface area contributed by atoms with Gasteiger partial charge in [-0.3, -0.25) is 0 Å². The Morgan fingerprint density at radius 3 is 1.77 bits per heavy atom. The smallest absolute Gasteiger partial charge is 0.321 e. The van der Waals surface area contributed by atoms with Crippen molar-refractivity contribution >= 4 is 0 Å². The molecule has 0 saturated heterocycles. The first-order chi connectivity index (χ1) is 5.57. The van der Waals surface area contributed by atoms with Gasteiger partial charge in [0.25, 0.3) is 6.43 Å². The molecule has 80 valence electrons. The fraction of sp³-hybridized carbons (Fsp3) is 1.00. The van der Waals surface area contributed by atoms with E-state index >= 15 is 0 Å². The third-order valence-electron chi connectivity index (χ3n) is 1.47. The van der Waals surface area contributed by atoms with Gasteiger partial charge in [0, 0.05) is 6.42 Å². The van der Waals surface area contributed by atoms with Crippen molar-refractivity contribution in [2.24, 2.45) is 5.73 Å². The van der Waals surface area contributed by atoms with Crippen molar-refractivity contribution < 1.29 is 26.3 Å². The van der Waals surface area contributed by atoms with Gasteiger partial charge in [-0.1, -0.05) is 0 Å². The minimum atomic E-state index is -5.13. The molecule has 7 heteroatoms. The summed E-state index contributed by atoms with van der Waals surface area (Å²) in [4.78, 5) is 0. The number of hydrogen-bond donors (Lipinski definition) is 1. The van der Waals surface area contributed by atoms with Crippen molar-refractivity contribution in [3.63, 3.8) is 0 Å². The van der Waals surface area contributed by atoms with Gasteiger partial charge in [-0.25, -0.2) is 13.2 Å². The molecule has 2 unspecified atom stereocenters. The van der Waals surface area contributed by atoms with Gasteiger partial charge >= 0.3 is 6.18 Å². The molecule has 0 aromatic carbocycles. The zero-order chi connectivity index (χ0) is 10.9. The Kier molecular flexibility index (Phi) is 3.60. The molecule has 0 bridgehead atoms. The zero-order valence-electron chi connectivity index (χ0n) is 6.71. The van der Waals surface area contributed by atoms with Crippen molar-refractivity contribution in [1.29, 1.82) is 0 Å². The second kappa shape index (κ2) is 3.73. The fourth-order valence-electron chi connectivity index (χ4n) is 0.591. The second-order valence-corrected chi connectivity index (χ2v) is 3.02. The predicted octanol–water partition coefficient (Wildman–Crippen LogP) is 2.26. The molecular weight excluding hydrogens is 200 g/mol. The number of rotatable bonds is 3. The van der Waals surface area contributed by atoms with E-state index in [1.54, 1.807) is 0 Å². The van der Waals surface area contributed by atoms with Crippen LogP contribution in [-0.2, 0) is 0 Å². The van der Waals surface area contributed by atoms with Crippen LogP contribution in [0.3, 0.4) is 0 Å². The van der Waals surface area contributed by atoms with Gasteiger partial charge in [-0.05, 0) is 6.92 Å². The molecular formula is C6H9F6N. The summed E-state index contributed by atoms with van der Waals surface area (Å²) in [5.74, 6) is 0. The standard InChI is InChI=1S/C6H9F6N/c1-5(13,4(8)9)2-3(7)6(10,11)12/h3-4H,2,13H2,1H3. The molecule has 2 atom stereocenters. The maximum atomic E-state index is 12.2. The molecule has 0 fully saturated rings. The molecule has 0 spiro atoms. The summed E-state index contributed by atoms with van der Waals surface area (Å²) in [6.07, 6.45) is -13.1. The van der Waals surface area contributed by atoms with Crippen molar-refractivity contribution in [3.05, 3.63) is 0 Å². The first kappa shape index (κ1) is 12.5. The van der Waals surface area contributed by atoms with Crippen LogP contribution in [0.5, 0.6) is 0 Å². The molecule has 0 aliphatic rings. The molecule has 0 saturated carbocycles. The largest absolute Gasteiger partial charge is 0.419 e. The summed E-state index contributed by atoms with van der Waals surface area (Å²) in [6, 6.07) is 0. The molecule has 13 heavy (non-hydrogen) atoms. The van der Waals surface area contributed by atoms with E-state index in [0.717, 1.165) is 0 Å². The minimum Gasteiger partial charge on any atom is -0.321 e. The van der Waals surface area contributed by atoms with Gasteiger partial charge in [-0.15, -0.1) is 0 Å². The summed E-state index contributed by atoms with van der Waals surface area (Å²) in [6.45, 7) is 0.677. The number of alkyl halides is 6. The van der Waals surface area contributed by atoms with E-state index < -0.39 is 30.7 Å². The number of hydrogen-bond acceptors (Lipinski definition) is 1. The summed E-state index contributed by atoms with van der Waals surface area (Å²) >= 11 is 0. The van der Waals surface area contributed by atoms with Crippen LogP contribution in [0.4, 0.5) is 26.3 Å². The van der Waals surface area contributed by atoms with Gasteiger partial charge in [0.1, 0.15) is 0 Å².